The molecule has 3 aromatic rings. The van der Waals surface area contributed by atoms with Crippen molar-refractivity contribution >= 4 is 21.5 Å². The molecule has 108 valence electrons. The van der Waals surface area contributed by atoms with Crippen molar-refractivity contribution < 1.29 is 13.9 Å². The normalized spacial score (nSPS) is 13.7. The Balaban J connectivity index is 2.35. The SMILES string of the molecule is N[C@@H](c1cc2ccccc2c2ccccc12)C(F)(F)CO. The van der Waals surface area contributed by atoms with Crippen molar-refractivity contribution in [3.63, 3.8) is 0 Å². The molecular formula is C17H15F2NO. The van der Waals surface area contributed by atoms with E-state index in [9.17, 15) is 8.78 Å². The van der Waals surface area contributed by atoms with Gasteiger partial charge in [-0.1, -0.05) is 48.5 Å². The van der Waals surface area contributed by atoms with Crippen LogP contribution in [0.25, 0.3) is 21.5 Å². The summed E-state index contributed by atoms with van der Waals surface area (Å²) in [6.07, 6.45) is 0. The Bertz CT molecular complexity index is 801. The van der Waals surface area contributed by atoms with Gasteiger partial charge in [0.2, 0.25) is 0 Å². The lowest BCUT2D eigenvalue weighted by Crippen LogP contribution is -2.36. The summed E-state index contributed by atoms with van der Waals surface area (Å²) in [4.78, 5) is 0. The number of nitrogens with two attached hydrogens (primary N) is 1. The van der Waals surface area contributed by atoms with Crippen LogP contribution in [0.3, 0.4) is 0 Å². The topological polar surface area (TPSA) is 46.2 Å². The third kappa shape index (κ3) is 2.26. The molecule has 0 spiro atoms. The van der Waals surface area contributed by atoms with Crippen LogP contribution in [-0.4, -0.2) is 17.6 Å². The smallest absolute Gasteiger partial charge is 0.289 e. The van der Waals surface area contributed by atoms with Crippen LogP contribution >= 0.6 is 0 Å². The fourth-order valence-corrected chi connectivity index (χ4v) is 2.67. The number of hydrogen-bond acceptors (Lipinski definition) is 2. The molecule has 1 atom stereocenters. The van der Waals surface area contributed by atoms with E-state index in [1.54, 1.807) is 18.2 Å². The Labute approximate surface area is 120 Å². The van der Waals surface area contributed by atoms with E-state index < -0.39 is 18.6 Å². The Morgan fingerprint density at radius 2 is 1.52 bits per heavy atom. The van der Waals surface area contributed by atoms with Gasteiger partial charge in [0.15, 0.2) is 0 Å². The van der Waals surface area contributed by atoms with Crippen LogP contribution in [-0.2, 0) is 0 Å². The van der Waals surface area contributed by atoms with Gasteiger partial charge in [0.05, 0.1) is 6.04 Å². The van der Waals surface area contributed by atoms with E-state index in [0.717, 1.165) is 16.2 Å². The minimum Gasteiger partial charge on any atom is -0.390 e. The molecule has 0 aliphatic carbocycles. The molecule has 3 N–H and O–H groups in total. The number of benzene rings is 3. The van der Waals surface area contributed by atoms with Gasteiger partial charge in [-0.15, -0.1) is 0 Å². The molecule has 0 aliphatic heterocycles. The van der Waals surface area contributed by atoms with Crippen molar-refractivity contribution in [2.75, 3.05) is 6.61 Å². The average molecular weight is 287 g/mol. The van der Waals surface area contributed by atoms with Crippen molar-refractivity contribution in [3.8, 4) is 0 Å². The summed E-state index contributed by atoms with van der Waals surface area (Å²) in [5.74, 6) is -3.36. The molecule has 0 unspecified atom stereocenters. The minimum absolute atomic E-state index is 0.350. The molecule has 2 nitrogen and oxygen atoms in total. The predicted molar refractivity (Wildman–Crippen MR) is 80.4 cm³/mol. The fraction of sp³-hybridized carbons (Fsp3) is 0.176. The lowest BCUT2D eigenvalue weighted by molar-refractivity contribution is -0.0708. The van der Waals surface area contributed by atoms with E-state index in [4.69, 9.17) is 10.8 Å². The highest BCUT2D eigenvalue weighted by Gasteiger charge is 2.38. The second-order valence-electron chi connectivity index (χ2n) is 5.13. The third-order valence-electron chi connectivity index (χ3n) is 3.80. The first-order chi connectivity index (χ1) is 10.0. The zero-order valence-electron chi connectivity index (χ0n) is 11.3. The molecule has 3 rings (SSSR count). The maximum atomic E-state index is 13.8. The van der Waals surface area contributed by atoms with Crippen molar-refractivity contribution in [1.82, 2.24) is 0 Å². The molecule has 3 aromatic carbocycles. The molecule has 0 saturated carbocycles. The van der Waals surface area contributed by atoms with E-state index in [1.165, 1.54) is 0 Å². The molecule has 0 amide bonds. The number of halogens is 2. The zero-order valence-corrected chi connectivity index (χ0v) is 11.3. The minimum atomic E-state index is -3.36. The summed E-state index contributed by atoms with van der Waals surface area (Å²) in [6.45, 7) is -1.27. The molecular weight excluding hydrogens is 272 g/mol. The quantitative estimate of drug-likeness (QED) is 0.723. The first-order valence-corrected chi connectivity index (χ1v) is 6.69. The van der Waals surface area contributed by atoms with Crippen LogP contribution in [0.15, 0.2) is 54.6 Å². The number of alkyl halides is 2. The lowest BCUT2D eigenvalue weighted by Gasteiger charge is -2.23. The highest BCUT2D eigenvalue weighted by molar-refractivity contribution is 6.09. The van der Waals surface area contributed by atoms with Crippen LogP contribution in [0.5, 0.6) is 0 Å². The van der Waals surface area contributed by atoms with Crippen LogP contribution in [0.2, 0.25) is 0 Å². The van der Waals surface area contributed by atoms with Gasteiger partial charge in [0.1, 0.15) is 6.61 Å². The third-order valence-corrected chi connectivity index (χ3v) is 3.80. The molecule has 0 heterocycles. The number of hydrogen-bond donors (Lipinski definition) is 2. The number of aliphatic hydroxyl groups is 1. The van der Waals surface area contributed by atoms with Gasteiger partial charge in [-0.2, -0.15) is 0 Å². The van der Waals surface area contributed by atoms with Crippen LogP contribution in [0, 0.1) is 0 Å². The molecule has 0 bridgehead atoms. The summed E-state index contributed by atoms with van der Waals surface area (Å²) in [7, 11) is 0. The van der Waals surface area contributed by atoms with E-state index in [2.05, 4.69) is 0 Å². The van der Waals surface area contributed by atoms with Gasteiger partial charge in [-0.05, 0) is 33.2 Å². The average Bonchev–Trinajstić information content (AvgIpc) is 2.53. The highest BCUT2D eigenvalue weighted by atomic mass is 19.3. The predicted octanol–water partition coefficient (Wildman–Crippen LogP) is 3.62. The van der Waals surface area contributed by atoms with Crippen LogP contribution in [0.1, 0.15) is 11.6 Å². The van der Waals surface area contributed by atoms with Gasteiger partial charge >= 0.3 is 0 Å². The summed E-state index contributed by atoms with van der Waals surface area (Å²) < 4.78 is 27.6. The second kappa shape index (κ2) is 5.06. The summed E-state index contributed by atoms with van der Waals surface area (Å²) in [5.41, 5.74) is 6.08. The van der Waals surface area contributed by atoms with Gasteiger partial charge in [0.25, 0.3) is 5.92 Å². The Kier molecular flexibility index (Phi) is 3.35. The van der Waals surface area contributed by atoms with E-state index in [0.29, 0.717) is 10.9 Å². The molecule has 0 aromatic heterocycles. The molecule has 4 heteroatoms. The van der Waals surface area contributed by atoms with Crippen LogP contribution in [0.4, 0.5) is 8.78 Å². The van der Waals surface area contributed by atoms with Gasteiger partial charge in [-0.25, -0.2) is 8.78 Å². The second-order valence-corrected chi connectivity index (χ2v) is 5.13. The molecule has 0 radical (unpaired) electrons. The van der Waals surface area contributed by atoms with Gasteiger partial charge in [-0.3, -0.25) is 0 Å². The fourth-order valence-electron chi connectivity index (χ4n) is 2.67. The van der Waals surface area contributed by atoms with E-state index in [-0.39, 0.29) is 0 Å². The van der Waals surface area contributed by atoms with Crippen molar-refractivity contribution in [1.29, 1.82) is 0 Å². The van der Waals surface area contributed by atoms with Crippen molar-refractivity contribution in [3.05, 3.63) is 60.2 Å². The number of aliphatic hydroxyl groups excluding tert-OH is 1. The monoisotopic (exact) mass is 287 g/mol. The lowest BCUT2D eigenvalue weighted by atomic mass is 9.91. The molecule has 0 fully saturated rings. The first-order valence-electron chi connectivity index (χ1n) is 6.69. The summed E-state index contributed by atoms with van der Waals surface area (Å²) >= 11 is 0. The Morgan fingerprint density at radius 1 is 0.952 bits per heavy atom. The van der Waals surface area contributed by atoms with Gasteiger partial charge < -0.3 is 10.8 Å². The van der Waals surface area contributed by atoms with Gasteiger partial charge in [0, 0.05) is 0 Å². The summed E-state index contributed by atoms with van der Waals surface area (Å²) in [5, 5.41) is 12.3. The van der Waals surface area contributed by atoms with Crippen molar-refractivity contribution in [2.45, 2.75) is 12.0 Å². The standard InChI is InChI=1S/C17H15F2NO/c18-17(19,10-21)16(20)15-9-11-5-1-2-6-12(11)13-7-3-4-8-14(13)15/h1-9,16,21H,10,20H2/t16-/m0/s1. The summed E-state index contributed by atoms with van der Waals surface area (Å²) in [6, 6.07) is 15.1. The maximum Gasteiger partial charge on any atom is 0.289 e. The van der Waals surface area contributed by atoms with Crippen molar-refractivity contribution in [2.24, 2.45) is 5.73 Å². The largest absolute Gasteiger partial charge is 0.390 e. The Hall–Kier alpha value is -2.04. The van der Waals surface area contributed by atoms with Crippen LogP contribution < -0.4 is 5.73 Å². The highest BCUT2D eigenvalue weighted by Crippen LogP contribution is 2.36. The zero-order chi connectivity index (χ0) is 15.0. The van der Waals surface area contributed by atoms with E-state index >= 15 is 0 Å². The van der Waals surface area contributed by atoms with E-state index in [1.807, 2.05) is 36.4 Å². The Morgan fingerprint density at radius 3 is 2.19 bits per heavy atom. The molecule has 0 saturated heterocycles. The molecule has 21 heavy (non-hydrogen) atoms. The number of rotatable bonds is 3. The maximum absolute atomic E-state index is 13.8. The first kappa shape index (κ1) is 13.9. The molecule has 0 aliphatic rings. The number of fused-ring (bicyclic) bond motifs is 3.